The zero-order valence-corrected chi connectivity index (χ0v) is 15.5. The average molecular weight is 356 g/mol. The van der Waals surface area contributed by atoms with Gasteiger partial charge in [-0.15, -0.1) is 5.10 Å². The van der Waals surface area contributed by atoms with E-state index in [-0.39, 0.29) is 0 Å². The third-order valence-electron chi connectivity index (χ3n) is 5.42. The van der Waals surface area contributed by atoms with Crippen molar-refractivity contribution in [2.45, 2.75) is 45.7 Å². The molecule has 1 unspecified atom stereocenters. The Morgan fingerprint density at radius 1 is 1.19 bits per heavy atom. The van der Waals surface area contributed by atoms with Crippen LogP contribution in [0.1, 0.15) is 36.9 Å². The fourth-order valence-corrected chi connectivity index (χ4v) is 3.93. The first-order valence-corrected chi connectivity index (χ1v) is 9.63. The van der Waals surface area contributed by atoms with Crippen molar-refractivity contribution in [2.75, 3.05) is 36.8 Å². The lowest BCUT2D eigenvalue weighted by Gasteiger charge is -2.32. The number of hydrogen-bond donors (Lipinski definition) is 1. The van der Waals surface area contributed by atoms with E-state index in [9.17, 15) is 0 Å². The first kappa shape index (κ1) is 17.2. The normalized spacial score (nSPS) is 21.4. The van der Waals surface area contributed by atoms with Crippen LogP contribution in [0, 0.1) is 12.8 Å². The van der Waals surface area contributed by atoms with Crippen molar-refractivity contribution in [3.05, 3.63) is 23.7 Å². The average Bonchev–Trinajstić information content (AvgIpc) is 3.30. The molecule has 4 heterocycles. The van der Waals surface area contributed by atoms with E-state index in [1.54, 1.807) is 0 Å². The summed E-state index contributed by atoms with van der Waals surface area (Å²) in [6.45, 7) is 8.04. The number of piperidine rings is 1. The van der Waals surface area contributed by atoms with Gasteiger partial charge in [-0.3, -0.25) is 9.58 Å². The Balaban J connectivity index is 1.36. The summed E-state index contributed by atoms with van der Waals surface area (Å²) in [7, 11) is 0. The monoisotopic (exact) mass is 356 g/mol. The molecule has 0 amide bonds. The number of nitrogen functional groups attached to an aromatic ring is 1. The largest absolute Gasteiger partial charge is 0.383 e. The maximum atomic E-state index is 5.95. The summed E-state index contributed by atoms with van der Waals surface area (Å²) >= 11 is 0. The highest BCUT2D eigenvalue weighted by atomic mass is 15.4. The van der Waals surface area contributed by atoms with E-state index >= 15 is 0 Å². The summed E-state index contributed by atoms with van der Waals surface area (Å²) in [6, 6.07) is 0. The molecule has 2 saturated heterocycles. The van der Waals surface area contributed by atoms with Crippen LogP contribution in [0.5, 0.6) is 0 Å². The number of anilines is 2. The topological polar surface area (TPSA) is 89.0 Å². The molecule has 2 fully saturated rings. The van der Waals surface area contributed by atoms with Crippen molar-refractivity contribution >= 4 is 11.8 Å². The van der Waals surface area contributed by atoms with Crippen molar-refractivity contribution < 1.29 is 0 Å². The molecule has 2 N–H and O–H groups in total. The summed E-state index contributed by atoms with van der Waals surface area (Å²) in [5.41, 5.74) is 7.96. The fourth-order valence-electron chi connectivity index (χ4n) is 3.93. The Bertz CT molecular complexity index is 737. The molecule has 0 saturated carbocycles. The van der Waals surface area contributed by atoms with E-state index in [1.807, 2.05) is 17.8 Å². The van der Waals surface area contributed by atoms with Crippen LogP contribution in [-0.4, -0.2) is 56.0 Å². The van der Waals surface area contributed by atoms with Gasteiger partial charge in [0, 0.05) is 44.1 Å². The minimum Gasteiger partial charge on any atom is -0.383 e. The summed E-state index contributed by atoms with van der Waals surface area (Å²) in [6.07, 6.45) is 8.85. The SMILES string of the molecule is Cc1cnc(N2CCCC(Cn3cc(CN4CCCC4)nn3)C2)nc1N. The standard InChI is InChI=1S/C18H28N8/c1-14-9-20-18(21-17(14)19)25-8-4-5-15(10-25)11-26-13-16(22-23-26)12-24-6-2-3-7-24/h9,13,15H,2-8,10-12H2,1H3,(H2,19,20,21). The van der Waals surface area contributed by atoms with E-state index < -0.39 is 0 Å². The molecule has 0 radical (unpaired) electrons. The number of likely N-dealkylation sites (tertiary alicyclic amines) is 1. The van der Waals surface area contributed by atoms with Crippen LogP contribution in [0.15, 0.2) is 12.4 Å². The van der Waals surface area contributed by atoms with Crippen LogP contribution in [0.4, 0.5) is 11.8 Å². The van der Waals surface area contributed by atoms with Gasteiger partial charge < -0.3 is 10.6 Å². The molecule has 1 atom stereocenters. The Hall–Kier alpha value is -2.22. The molecule has 8 nitrogen and oxygen atoms in total. The highest BCUT2D eigenvalue weighted by molar-refractivity contribution is 5.43. The second-order valence-corrected chi connectivity index (χ2v) is 7.61. The molecule has 0 aromatic carbocycles. The molecule has 140 valence electrons. The van der Waals surface area contributed by atoms with E-state index in [2.05, 4.69) is 36.3 Å². The van der Waals surface area contributed by atoms with Crippen LogP contribution in [0.25, 0.3) is 0 Å². The van der Waals surface area contributed by atoms with Gasteiger partial charge in [-0.25, -0.2) is 4.98 Å². The minimum absolute atomic E-state index is 0.524. The van der Waals surface area contributed by atoms with Crippen molar-refractivity contribution in [2.24, 2.45) is 5.92 Å². The predicted octanol–water partition coefficient (Wildman–Crippen LogP) is 1.47. The molecule has 0 spiro atoms. The summed E-state index contributed by atoms with van der Waals surface area (Å²) in [5.74, 6) is 1.84. The van der Waals surface area contributed by atoms with Crippen LogP contribution in [-0.2, 0) is 13.1 Å². The molecule has 26 heavy (non-hydrogen) atoms. The fraction of sp³-hybridized carbons (Fsp3) is 0.667. The summed E-state index contributed by atoms with van der Waals surface area (Å²) < 4.78 is 2.00. The van der Waals surface area contributed by atoms with E-state index in [0.717, 1.165) is 49.8 Å². The number of nitrogens with two attached hydrogens (primary N) is 1. The van der Waals surface area contributed by atoms with E-state index in [0.29, 0.717) is 11.7 Å². The lowest BCUT2D eigenvalue weighted by molar-refractivity contribution is 0.327. The van der Waals surface area contributed by atoms with Crippen LogP contribution in [0.2, 0.25) is 0 Å². The minimum atomic E-state index is 0.524. The zero-order valence-electron chi connectivity index (χ0n) is 15.5. The van der Waals surface area contributed by atoms with Gasteiger partial charge >= 0.3 is 0 Å². The van der Waals surface area contributed by atoms with Gasteiger partial charge in [0.05, 0.1) is 5.69 Å². The third kappa shape index (κ3) is 3.95. The van der Waals surface area contributed by atoms with Crippen LogP contribution >= 0.6 is 0 Å². The molecule has 4 rings (SSSR count). The maximum Gasteiger partial charge on any atom is 0.227 e. The highest BCUT2D eigenvalue weighted by Gasteiger charge is 2.23. The molecular formula is C18H28N8. The second kappa shape index (κ2) is 7.57. The second-order valence-electron chi connectivity index (χ2n) is 7.61. The Labute approximate surface area is 154 Å². The van der Waals surface area contributed by atoms with Crippen molar-refractivity contribution in [3.8, 4) is 0 Å². The number of nitrogens with zero attached hydrogens (tertiary/aromatic N) is 7. The lowest BCUT2D eigenvalue weighted by Crippen LogP contribution is -2.38. The number of aromatic nitrogens is 5. The predicted molar refractivity (Wildman–Crippen MR) is 101 cm³/mol. The van der Waals surface area contributed by atoms with Gasteiger partial charge in [0.2, 0.25) is 5.95 Å². The molecular weight excluding hydrogens is 328 g/mol. The molecule has 2 aliphatic rings. The van der Waals surface area contributed by atoms with Gasteiger partial charge in [0.15, 0.2) is 0 Å². The van der Waals surface area contributed by atoms with E-state index in [4.69, 9.17) is 5.73 Å². The number of aryl methyl sites for hydroxylation is 1. The maximum absolute atomic E-state index is 5.95. The summed E-state index contributed by atoms with van der Waals surface area (Å²) in [4.78, 5) is 13.6. The molecule has 8 heteroatoms. The first-order chi connectivity index (χ1) is 12.7. The molecule has 2 aromatic heterocycles. The first-order valence-electron chi connectivity index (χ1n) is 9.63. The van der Waals surface area contributed by atoms with Crippen molar-refractivity contribution in [1.82, 2.24) is 29.9 Å². The van der Waals surface area contributed by atoms with Gasteiger partial charge in [0.25, 0.3) is 0 Å². The van der Waals surface area contributed by atoms with Gasteiger partial charge in [-0.1, -0.05) is 5.21 Å². The van der Waals surface area contributed by atoms with Gasteiger partial charge in [-0.05, 0) is 51.6 Å². The quantitative estimate of drug-likeness (QED) is 0.868. The molecule has 2 aromatic rings. The zero-order chi connectivity index (χ0) is 17.9. The Morgan fingerprint density at radius 3 is 2.85 bits per heavy atom. The van der Waals surface area contributed by atoms with Crippen LogP contribution < -0.4 is 10.6 Å². The number of rotatable bonds is 5. The van der Waals surface area contributed by atoms with Crippen LogP contribution in [0.3, 0.4) is 0 Å². The van der Waals surface area contributed by atoms with Gasteiger partial charge in [-0.2, -0.15) is 4.98 Å². The lowest BCUT2D eigenvalue weighted by atomic mass is 9.98. The smallest absolute Gasteiger partial charge is 0.227 e. The molecule has 0 bridgehead atoms. The van der Waals surface area contributed by atoms with E-state index in [1.165, 1.54) is 32.4 Å². The Kier molecular flexibility index (Phi) is 5.01. The molecule has 0 aliphatic carbocycles. The highest BCUT2D eigenvalue weighted by Crippen LogP contribution is 2.23. The van der Waals surface area contributed by atoms with Crippen molar-refractivity contribution in [3.63, 3.8) is 0 Å². The van der Waals surface area contributed by atoms with Gasteiger partial charge in [0.1, 0.15) is 5.82 Å². The van der Waals surface area contributed by atoms with Crippen molar-refractivity contribution in [1.29, 1.82) is 0 Å². The molecule has 2 aliphatic heterocycles. The number of hydrogen-bond acceptors (Lipinski definition) is 7. The Morgan fingerprint density at radius 2 is 2.04 bits per heavy atom. The third-order valence-corrected chi connectivity index (χ3v) is 5.42. The summed E-state index contributed by atoms with van der Waals surface area (Å²) in [5, 5.41) is 8.71.